The molecule has 8 unspecified atom stereocenters. The summed E-state index contributed by atoms with van der Waals surface area (Å²) in [5.74, 6) is -2.20. The molecule has 11 heteroatoms. The fourth-order valence-corrected chi connectivity index (χ4v) is 9.27. The highest BCUT2D eigenvalue weighted by molar-refractivity contribution is 5.82. The summed E-state index contributed by atoms with van der Waals surface area (Å²) in [4.78, 5) is 20.4. The van der Waals surface area contributed by atoms with Gasteiger partial charge in [-0.05, 0) is 89.6 Å². The van der Waals surface area contributed by atoms with Crippen LogP contribution in [0.2, 0.25) is 0 Å². The van der Waals surface area contributed by atoms with Gasteiger partial charge in [0.15, 0.2) is 0 Å². The Morgan fingerprint density at radius 3 is 2.61 bits per heavy atom. The summed E-state index contributed by atoms with van der Waals surface area (Å²) in [6.45, 7) is 7.51. The van der Waals surface area contributed by atoms with Crippen molar-refractivity contribution in [2.45, 2.75) is 89.2 Å². The van der Waals surface area contributed by atoms with Crippen LogP contribution in [0.1, 0.15) is 64.7 Å². The molecule has 41 heavy (non-hydrogen) atoms. The van der Waals surface area contributed by atoms with Crippen LogP contribution in [0.3, 0.4) is 0 Å². The molecule has 4 heterocycles. The van der Waals surface area contributed by atoms with Crippen LogP contribution >= 0.6 is 0 Å². The summed E-state index contributed by atoms with van der Waals surface area (Å²) in [5.41, 5.74) is 6.66. The molecule has 0 aromatic rings. The van der Waals surface area contributed by atoms with Crippen LogP contribution in [0.15, 0.2) is 0 Å². The molecule has 1 amide bonds. The summed E-state index contributed by atoms with van der Waals surface area (Å²) in [7, 11) is 2.10. The lowest BCUT2D eigenvalue weighted by Gasteiger charge is -2.52. The number of likely N-dealkylation sites (tertiary alicyclic amines) is 2. The topological polar surface area (TPSA) is 69.3 Å². The third-order valence-corrected chi connectivity index (χ3v) is 11.5. The number of hydrazine groups is 1. The second-order valence-electron chi connectivity index (χ2n) is 14.1. The normalized spacial score (nSPS) is 40.5. The number of ether oxygens (including phenoxy) is 2. The molecule has 2 N–H and O–H groups in total. The molecule has 4 aliphatic heterocycles. The molecule has 234 valence electrons. The van der Waals surface area contributed by atoms with E-state index in [2.05, 4.69) is 27.7 Å². The molecular weight excluding hydrogens is 535 g/mol. The molecule has 8 atom stereocenters. The summed E-state index contributed by atoms with van der Waals surface area (Å²) in [6, 6.07) is 0.0399. The Balaban J connectivity index is 1.13. The Morgan fingerprint density at radius 2 is 1.93 bits per heavy atom. The van der Waals surface area contributed by atoms with Gasteiger partial charge in [0.25, 0.3) is 0 Å². The van der Waals surface area contributed by atoms with E-state index in [1.165, 1.54) is 0 Å². The number of nitrogens with one attached hydrogen (secondary N) is 2. The van der Waals surface area contributed by atoms with Gasteiger partial charge in [-0.3, -0.25) is 9.69 Å². The Kier molecular flexibility index (Phi) is 8.94. The van der Waals surface area contributed by atoms with Crippen LogP contribution in [-0.4, -0.2) is 105 Å². The van der Waals surface area contributed by atoms with Crippen molar-refractivity contribution in [2.75, 3.05) is 59.7 Å². The number of carbonyl (C=O) groups excluding carboxylic acids is 1. The van der Waals surface area contributed by atoms with Gasteiger partial charge >= 0.3 is 6.18 Å². The first-order valence-electron chi connectivity index (χ1n) is 16.1. The predicted molar refractivity (Wildman–Crippen MR) is 148 cm³/mol. The molecule has 6 aliphatic rings. The van der Waals surface area contributed by atoms with Crippen molar-refractivity contribution in [2.24, 2.45) is 35.0 Å². The number of piperidine rings is 1. The maximum absolute atomic E-state index is 14.5. The number of alkyl halides is 3. The lowest BCUT2D eigenvalue weighted by Crippen LogP contribution is -2.56. The van der Waals surface area contributed by atoms with Gasteiger partial charge in [0.05, 0.1) is 38.1 Å². The van der Waals surface area contributed by atoms with E-state index in [0.717, 1.165) is 77.9 Å². The summed E-state index contributed by atoms with van der Waals surface area (Å²) in [5, 5.41) is 0. The van der Waals surface area contributed by atoms with Crippen molar-refractivity contribution in [1.29, 1.82) is 0 Å². The van der Waals surface area contributed by atoms with Crippen molar-refractivity contribution in [3.05, 3.63) is 0 Å². The zero-order valence-corrected chi connectivity index (χ0v) is 24.8. The number of halogens is 3. The van der Waals surface area contributed by atoms with Gasteiger partial charge in [0.2, 0.25) is 5.91 Å². The number of hydrogen-bond acceptors (Lipinski definition) is 7. The van der Waals surface area contributed by atoms with E-state index in [1.54, 1.807) is 0 Å². The lowest BCUT2D eigenvalue weighted by atomic mass is 9.64. The van der Waals surface area contributed by atoms with Crippen molar-refractivity contribution >= 4 is 5.91 Å². The van der Waals surface area contributed by atoms with Crippen LogP contribution in [0.25, 0.3) is 0 Å². The number of amides is 1. The van der Waals surface area contributed by atoms with Gasteiger partial charge in [-0.1, -0.05) is 6.42 Å². The molecule has 0 bridgehead atoms. The van der Waals surface area contributed by atoms with Crippen LogP contribution in [0, 0.1) is 35.0 Å². The third-order valence-electron chi connectivity index (χ3n) is 11.5. The third kappa shape index (κ3) is 6.18. The van der Waals surface area contributed by atoms with E-state index in [1.807, 2.05) is 11.8 Å². The standard InChI is InChI=1S/C30H50F3N5O3/c1-3-41-23-8-5-9-37(15-23)14-20-10-24-25(26(11-20)30(31,32)33)16-38(28(24)39)22-7-4-6-21(12-22)29(17-40-18-29)13-27-35-34-19-36(27)2/h20-27,34-35H,3-19H2,1-2H3. The van der Waals surface area contributed by atoms with Crippen molar-refractivity contribution in [1.82, 2.24) is 25.6 Å². The second kappa shape index (κ2) is 12.2. The van der Waals surface area contributed by atoms with Crippen LogP contribution in [0.5, 0.6) is 0 Å². The van der Waals surface area contributed by atoms with E-state index < -0.39 is 23.9 Å². The molecule has 6 fully saturated rings. The number of rotatable bonds is 8. The molecule has 0 aromatic heterocycles. The first kappa shape index (κ1) is 30.1. The molecule has 0 radical (unpaired) electrons. The first-order chi connectivity index (χ1) is 19.7. The monoisotopic (exact) mass is 585 g/mol. The largest absolute Gasteiger partial charge is 0.392 e. The first-order valence-corrected chi connectivity index (χ1v) is 16.1. The minimum Gasteiger partial charge on any atom is -0.380 e. The maximum atomic E-state index is 14.5. The summed E-state index contributed by atoms with van der Waals surface area (Å²) >= 11 is 0. The van der Waals surface area contributed by atoms with Gasteiger partial charge in [0.1, 0.15) is 0 Å². The van der Waals surface area contributed by atoms with E-state index in [4.69, 9.17) is 9.47 Å². The molecule has 0 spiro atoms. The average molecular weight is 586 g/mol. The molecule has 4 saturated heterocycles. The highest BCUT2D eigenvalue weighted by Crippen LogP contribution is 2.53. The van der Waals surface area contributed by atoms with Gasteiger partial charge in [0, 0.05) is 43.6 Å². The van der Waals surface area contributed by atoms with Crippen LogP contribution < -0.4 is 10.9 Å². The van der Waals surface area contributed by atoms with Crippen molar-refractivity contribution in [3.63, 3.8) is 0 Å². The van der Waals surface area contributed by atoms with E-state index in [-0.39, 0.29) is 48.5 Å². The quantitative estimate of drug-likeness (QED) is 0.453. The van der Waals surface area contributed by atoms with Crippen molar-refractivity contribution in [3.8, 4) is 0 Å². The number of hydrogen-bond donors (Lipinski definition) is 2. The second-order valence-corrected chi connectivity index (χ2v) is 14.1. The maximum Gasteiger partial charge on any atom is 0.392 e. The minimum absolute atomic E-state index is 0.00857. The fourth-order valence-electron chi connectivity index (χ4n) is 9.27. The smallest absolute Gasteiger partial charge is 0.380 e. The molecule has 8 nitrogen and oxygen atoms in total. The summed E-state index contributed by atoms with van der Waals surface area (Å²) < 4.78 is 55.1. The average Bonchev–Trinajstić information content (AvgIpc) is 3.48. The Labute approximate surface area is 243 Å². The molecular formula is C30H50F3N5O3. The van der Waals surface area contributed by atoms with Gasteiger partial charge in [-0.15, -0.1) is 0 Å². The van der Waals surface area contributed by atoms with Gasteiger partial charge in [-0.25, -0.2) is 10.9 Å². The Bertz CT molecular complexity index is 918. The van der Waals surface area contributed by atoms with Gasteiger partial charge in [-0.2, -0.15) is 13.2 Å². The Morgan fingerprint density at radius 1 is 1.10 bits per heavy atom. The van der Waals surface area contributed by atoms with Gasteiger partial charge < -0.3 is 19.3 Å². The van der Waals surface area contributed by atoms with E-state index in [9.17, 15) is 18.0 Å². The number of carbonyl (C=O) groups is 1. The van der Waals surface area contributed by atoms with Crippen molar-refractivity contribution < 1.29 is 27.4 Å². The SMILES string of the molecule is CCOC1CCCN(CC2CC3C(=O)N(C4CCCC(C5(CC6NNCN6C)COC5)C4)CC3C(C(F)(F)F)C2)C1. The number of nitrogens with zero attached hydrogens (tertiary/aromatic N) is 3. The fraction of sp³-hybridized carbons (Fsp3) is 0.967. The van der Waals surface area contributed by atoms with Crippen LogP contribution in [0.4, 0.5) is 13.2 Å². The molecule has 6 rings (SSSR count). The molecule has 0 aromatic carbocycles. The van der Waals surface area contributed by atoms with E-state index in [0.29, 0.717) is 25.5 Å². The van der Waals surface area contributed by atoms with E-state index >= 15 is 0 Å². The highest BCUT2D eigenvalue weighted by Gasteiger charge is 2.58. The number of fused-ring (bicyclic) bond motifs is 1. The van der Waals surface area contributed by atoms with Crippen LogP contribution in [-0.2, 0) is 14.3 Å². The molecule has 2 aliphatic carbocycles. The molecule has 2 saturated carbocycles. The highest BCUT2D eigenvalue weighted by atomic mass is 19.4. The Hall–Kier alpha value is -0.980. The summed E-state index contributed by atoms with van der Waals surface area (Å²) in [6.07, 6.45) is 3.76. The zero-order chi connectivity index (χ0) is 28.8. The minimum atomic E-state index is -4.27. The lowest BCUT2D eigenvalue weighted by molar-refractivity contribution is -0.204. The predicted octanol–water partition coefficient (Wildman–Crippen LogP) is 3.44. The zero-order valence-electron chi connectivity index (χ0n) is 24.8.